The van der Waals surface area contributed by atoms with E-state index in [9.17, 15) is 23.2 Å². The molecular formula is C19H17F2N3O3. The number of nitrogens with zero attached hydrogens (tertiary/aromatic N) is 1. The van der Waals surface area contributed by atoms with Crippen molar-refractivity contribution in [3.63, 3.8) is 0 Å². The van der Waals surface area contributed by atoms with Crippen molar-refractivity contribution in [1.29, 1.82) is 0 Å². The van der Waals surface area contributed by atoms with Crippen LogP contribution in [-0.4, -0.2) is 24.3 Å². The molecule has 6 nitrogen and oxygen atoms in total. The van der Waals surface area contributed by atoms with E-state index in [2.05, 4.69) is 10.9 Å². The molecule has 2 aromatic rings. The van der Waals surface area contributed by atoms with Crippen molar-refractivity contribution in [1.82, 2.24) is 10.9 Å². The maximum absolute atomic E-state index is 13.7. The molecule has 0 spiro atoms. The normalized spacial score (nSPS) is 16.3. The van der Waals surface area contributed by atoms with Crippen molar-refractivity contribution < 1.29 is 23.2 Å². The first kappa shape index (κ1) is 18.5. The van der Waals surface area contributed by atoms with Gasteiger partial charge in [0.25, 0.3) is 5.91 Å². The molecule has 0 unspecified atom stereocenters. The number of rotatable bonds is 3. The maximum atomic E-state index is 13.7. The van der Waals surface area contributed by atoms with Crippen LogP contribution in [0.2, 0.25) is 0 Å². The Bertz CT molecular complexity index is 900. The van der Waals surface area contributed by atoms with Gasteiger partial charge in [-0.15, -0.1) is 0 Å². The minimum absolute atomic E-state index is 0.0479. The fraction of sp³-hybridized carbons (Fsp3) is 0.211. The Morgan fingerprint density at radius 1 is 1.07 bits per heavy atom. The monoisotopic (exact) mass is 373 g/mol. The summed E-state index contributed by atoms with van der Waals surface area (Å²) >= 11 is 0. The number of amides is 3. The highest BCUT2D eigenvalue weighted by Gasteiger charge is 2.35. The number of carbonyl (C=O) groups excluding carboxylic acids is 3. The lowest BCUT2D eigenvalue weighted by molar-refractivity contribution is -0.126. The lowest BCUT2D eigenvalue weighted by atomic mass is 10.1. The Labute approximate surface area is 154 Å². The molecule has 1 aliphatic heterocycles. The highest BCUT2D eigenvalue weighted by Crippen LogP contribution is 2.26. The summed E-state index contributed by atoms with van der Waals surface area (Å²) in [5.74, 6) is -3.04. The molecular weight excluding hydrogens is 356 g/mol. The van der Waals surface area contributed by atoms with Crippen LogP contribution in [0.1, 0.15) is 22.3 Å². The van der Waals surface area contributed by atoms with Crippen molar-refractivity contribution >= 4 is 23.4 Å². The third-order valence-corrected chi connectivity index (χ3v) is 4.37. The highest BCUT2D eigenvalue weighted by molar-refractivity contribution is 6.01. The smallest absolute Gasteiger partial charge is 0.269 e. The SMILES string of the molecule is Cc1ccc(N2C[C@@H](C(=O)NNC(=O)c3ccc(F)cc3)CC2=O)cc1F. The van der Waals surface area contributed by atoms with Gasteiger partial charge in [-0.05, 0) is 48.9 Å². The van der Waals surface area contributed by atoms with Gasteiger partial charge in [-0.3, -0.25) is 25.2 Å². The average molecular weight is 373 g/mol. The van der Waals surface area contributed by atoms with Crippen LogP contribution in [0.15, 0.2) is 42.5 Å². The number of anilines is 1. The molecule has 27 heavy (non-hydrogen) atoms. The second-order valence-corrected chi connectivity index (χ2v) is 6.29. The van der Waals surface area contributed by atoms with Crippen LogP contribution in [-0.2, 0) is 9.59 Å². The zero-order valence-electron chi connectivity index (χ0n) is 14.5. The fourth-order valence-electron chi connectivity index (χ4n) is 2.78. The van der Waals surface area contributed by atoms with Gasteiger partial charge < -0.3 is 4.90 Å². The van der Waals surface area contributed by atoms with Gasteiger partial charge in [0.1, 0.15) is 11.6 Å². The van der Waals surface area contributed by atoms with Gasteiger partial charge in [0, 0.05) is 24.2 Å². The first-order valence-electron chi connectivity index (χ1n) is 8.27. The van der Waals surface area contributed by atoms with Crippen LogP contribution >= 0.6 is 0 Å². The molecule has 0 aliphatic carbocycles. The molecule has 0 bridgehead atoms. The Hall–Kier alpha value is -3.29. The van der Waals surface area contributed by atoms with Gasteiger partial charge in [0.2, 0.25) is 11.8 Å². The number of halogens is 2. The van der Waals surface area contributed by atoms with Gasteiger partial charge in [-0.2, -0.15) is 0 Å². The molecule has 1 fully saturated rings. The Balaban J connectivity index is 1.59. The highest BCUT2D eigenvalue weighted by atomic mass is 19.1. The summed E-state index contributed by atoms with van der Waals surface area (Å²) in [6.45, 7) is 1.70. The second-order valence-electron chi connectivity index (χ2n) is 6.29. The maximum Gasteiger partial charge on any atom is 0.269 e. The summed E-state index contributed by atoms with van der Waals surface area (Å²) in [6, 6.07) is 9.26. The van der Waals surface area contributed by atoms with Crippen molar-refractivity contribution in [3.8, 4) is 0 Å². The van der Waals surface area contributed by atoms with Gasteiger partial charge in [0.05, 0.1) is 5.92 Å². The number of hydrogen-bond acceptors (Lipinski definition) is 3. The van der Waals surface area contributed by atoms with Crippen LogP contribution in [0.25, 0.3) is 0 Å². The minimum atomic E-state index is -0.685. The molecule has 3 rings (SSSR count). The number of aryl methyl sites for hydroxylation is 1. The number of benzene rings is 2. The van der Waals surface area contributed by atoms with E-state index in [4.69, 9.17) is 0 Å². The van der Waals surface area contributed by atoms with Gasteiger partial charge in [0.15, 0.2) is 0 Å². The number of carbonyl (C=O) groups is 3. The summed E-state index contributed by atoms with van der Waals surface area (Å²) in [6.07, 6.45) is -0.0479. The molecule has 1 atom stereocenters. The standard InChI is InChI=1S/C19H17F2N3O3/c1-11-2-7-15(9-16(11)21)24-10-13(8-17(24)25)19(27)23-22-18(26)12-3-5-14(20)6-4-12/h2-7,9,13H,8,10H2,1H3,(H,22,26)(H,23,27)/t13-/m0/s1. The van der Waals surface area contributed by atoms with Crippen molar-refractivity contribution in [2.45, 2.75) is 13.3 Å². The molecule has 0 aromatic heterocycles. The quantitative estimate of drug-likeness (QED) is 0.809. The molecule has 0 radical (unpaired) electrons. The average Bonchev–Trinajstić information content (AvgIpc) is 3.04. The van der Waals surface area contributed by atoms with E-state index in [1.807, 2.05) is 0 Å². The van der Waals surface area contributed by atoms with E-state index in [-0.39, 0.29) is 24.4 Å². The predicted octanol–water partition coefficient (Wildman–Crippen LogP) is 2.09. The first-order chi connectivity index (χ1) is 12.8. The lowest BCUT2D eigenvalue weighted by Crippen LogP contribution is -2.45. The zero-order chi connectivity index (χ0) is 19.6. The van der Waals surface area contributed by atoms with Crippen LogP contribution in [0, 0.1) is 24.5 Å². The van der Waals surface area contributed by atoms with Crippen molar-refractivity contribution in [2.75, 3.05) is 11.4 Å². The van der Waals surface area contributed by atoms with Crippen LogP contribution in [0.5, 0.6) is 0 Å². The topological polar surface area (TPSA) is 78.5 Å². The Kier molecular flexibility index (Phi) is 5.16. The number of hydrazine groups is 1. The van der Waals surface area contributed by atoms with Crippen LogP contribution in [0.4, 0.5) is 14.5 Å². The van der Waals surface area contributed by atoms with Gasteiger partial charge >= 0.3 is 0 Å². The fourth-order valence-corrected chi connectivity index (χ4v) is 2.78. The van der Waals surface area contributed by atoms with Crippen LogP contribution in [0.3, 0.4) is 0 Å². The Morgan fingerprint density at radius 3 is 2.44 bits per heavy atom. The predicted molar refractivity (Wildman–Crippen MR) is 93.6 cm³/mol. The third-order valence-electron chi connectivity index (χ3n) is 4.37. The van der Waals surface area contributed by atoms with E-state index in [1.165, 1.54) is 23.1 Å². The van der Waals surface area contributed by atoms with E-state index in [1.54, 1.807) is 19.1 Å². The zero-order valence-corrected chi connectivity index (χ0v) is 14.5. The largest absolute Gasteiger partial charge is 0.311 e. The second kappa shape index (κ2) is 7.53. The molecule has 1 saturated heterocycles. The molecule has 1 aliphatic rings. The minimum Gasteiger partial charge on any atom is -0.311 e. The molecule has 8 heteroatoms. The molecule has 140 valence electrons. The van der Waals surface area contributed by atoms with E-state index in [0.717, 1.165) is 12.1 Å². The molecule has 2 aromatic carbocycles. The summed E-state index contributed by atoms with van der Waals surface area (Å²) in [4.78, 5) is 37.7. The molecule has 0 saturated carbocycles. The summed E-state index contributed by atoms with van der Waals surface area (Å²) in [7, 11) is 0. The van der Waals surface area contributed by atoms with Crippen molar-refractivity contribution in [2.24, 2.45) is 5.92 Å². The molecule has 2 N–H and O–H groups in total. The van der Waals surface area contributed by atoms with Crippen LogP contribution < -0.4 is 15.8 Å². The van der Waals surface area contributed by atoms with E-state index < -0.39 is 29.4 Å². The summed E-state index contributed by atoms with van der Waals surface area (Å²) in [5.41, 5.74) is 5.52. The summed E-state index contributed by atoms with van der Waals surface area (Å²) in [5, 5.41) is 0. The van der Waals surface area contributed by atoms with E-state index in [0.29, 0.717) is 11.3 Å². The van der Waals surface area contributed by atoms with E-state index >= 15 is 0 Å². The number of hydrogen-bond donors (Lipinski definition) is 2. The van der Waals surface area contributed by atoms with Crippen molar-refractivity contribution in [3.05, 3.63) is 65.2 Å². The third kappa shape index (κ3) is 4.11. The van der Waals surface area contributed by atoms with Gasteiger partial charge in [-0.1, -0.05) is 6.07 Å². The molecule has 1 heterocycles. The van der Waals surface area contributed by atoms with Gasteiger partial charge in [-0.25, -0.2) is 8.78 Å². The lowest BCUT2D eigenvalue weighted by Gasteiger charge is -2.17. The number of nitrogens with one attached hydrogen (secondary N) is 2. The first-order valence-corrected chi connectivity index (χ1v) is 8.27. The molecule has 3 amide bonds. The summed E-state index contributed by atoms with van der Waals surface area (Å²) < 4.78 is 26.6. The Morgan fingerprint density at radius 2 is 1.78 bits per heavy atom.